The van der Waals surface area contributed by atoms with Gasteiger partial charge in [-0.1, -0.05) is 116 Å². The number of rotatable bonds is 4. The normalized spacial score (nSPS) is 9.44. The Morgan fingerprint density at radius 2 is 0.718 bits per heavy atom. The minimum Gasteiger partial charge on any atom is -0.256 e. The topological polar surface area (TPSA) is 38.7 Å². The van der Waals surface area contributed by atoms with Gasteiger partial charge in [-0.3, -0.25) is 15.0 Å². The van der Waals surface area contributed by atoms with Crippen molar-refractivity contribution in [1.29, 1.82) is 0 Å². The van der Waals surface area contributed by atoms with Gasteiger partial charge in [0, 0.05) is 55.4 Å². The summed E-state index contributed by atoms with van der Waals surface area (Å²) in [7, 11) is 0. The molecule has 0 aliphatic rings. The van der Waals surface area contributed by atoms with E-state index in [1.807, 2.05) is 122 Å². The Balaban J connectivity index is 0.000000160. The van der Waals surface area contributed by atoms with Crippen LogP contribution in [-0.2, 0) is 20.1 Å². The molecule has 3 aromatic heterocycles. The molecule has 0 atom stereocenters. The fourth-order valence-electron chi connectivity index (χ4n) is 3.61. The Morgan fingerprint density at radius 3 is 1.03 bits per heavy atom. The van der Waals surface area contributed by atoms with Crippen LogP contribution < -0.4 is 0 Å². The third-order valence-electron chi connectivity index (χ3n) is 5.58. The summed E-state index contributed by atoms with van der Waals surface area (Å²) in [5, 5.41) is 0. The van der Waals surface area contributed by atoms with Crippen molar-refractivity contribution >= 4 is 6.08 Å². The zero-order valence-corrected chi connectivity index (χ0v) is 23.9. The van der Waals surface area contributed by atoms with E-state index in [2.05, 4.69) is 57.9 Å². The van der Waals surface area contributed by atoms with Crippen molar-refractivity contribution in [2.75, 3.05) is 0 Å². The molecule has 193 valence electrons. The van der Waals surface area contributed by atoms with Crippen LogP contribution in [0.2, 0.25) is 0 Å². The van der Waals surface area contributed by atoms with E-state index in [0.29, 0.717) is 0 Å². The molecule has 0 amide bonds. The molecule has 0 spiro atoms. The Bertz CT molecular complexity index is 1330. The molecule has 6 rings (SSSR count). The van der Waals surface area contributed by atoms with Gasteiger partial charge in [-0.15, -0.1) is 0 Å². The van der Waals surface area contributed by atoms with Crippen LogP contribution in [0, 0.1) is 0 Å². The van der Waals surface area contributed by atoms with Gasteiger partial charge in [0.25, 0.3) is 0 Å². The van der Waals surface area contributed by atoms with Crippen LogP contribution in [0.5, 0.6) is 0 Å². The second-order valence-electron chi connectivity index (χ2n) is 8.20. The summed E-state index contributed by atoms with van der Waals surface area (Å²) in [6, 6.07) is 46.3. The molecular formula is C35H29IrN3. The summed E-state index contributed by atoms with van der Waals surface area (Å²) in [5.41, 5.74) is 7.65. The third kappa shape index (κ3) is 9.39. The van der Waals surface area contributed by atoms with Gasteiger partial charge in [0.2, 0.25) is 0 Å². The monoisotopic (exact) mass is 684 g/mol. The van der Waals surface area contributed by atoms with Gasteiger partial charge < -0.3 is 0 Å². The van der Waals surface area contributed by atoms with Crippen molar-refractivity contribution in [3.8, 4) is 33.8 Å². The number of hydrogen-bond donors (Lipinski definition) is 0. The van der Waals surface area contributed by atoms with Crippen molar-refractivity contribution in [2.45, 2.75) is 0 Å². The molecule has 4 heteroatoms. The second kappa shape index (κ2) is 16.4. The van der Waals surface area contributed by atoms with Crippen LogP contribution >= 0.6 is 0 Å². The van der Waals surface area contributed by atoms with Gasteiger partial charge in [-0.25, -0.2) is 0 Å². The van der Waals surface area contributed by atoms with Crippen LogP contribution in [-0.4, -0.2) is 15.0 Å². The van der Waals surface area contributed by atoms with Gasteiger partial charge in [-0.2, -0.15) is 0 Å². The maximum atomic E-state index is 4.28. The van der Waals surface area contributed by atoms with Crippen molar-refractivity contribution in [1.82, 2.24) is 15.0 Å². The zero-order valence-electron chi connectivity index (χ0n) is 21.5. The van der Waals surface area contributed by atoms with E-state index in [4.69, 9.17) is 0 Å². The van der Waals surface area contributed by atoms with E-state index in [0.717, 1.165) is 39.3 Å². The van der Waals surface area contributed by atoms with Crippen molar-refractivity contribution in [3.05, 3.63) is 170 Å². The Labute approximate surface area is 244 Å². The van der Waals surface area contributed by atoms with Crippen LogP contribution in [0.25, 0.3) is 39.8 Å². The summed E-state index contributed by atoms with van der Waals surface area (Å²) < 4.78 is 0. The van der Waals surface area contributed by atoms with Crippen molar-refractivity contribution in [3.63, 3.8) is 0 Å². The summed E-state index contributed by atoms with van der Waals surface area (Å²) >= 11 is 0. The van der Waals surface area contributed by atoms with E-state index < -0.39 is 0 Å². The number of nitrogens with zero attached hydrogens (tertiary/aromatic N) is 3. The first kappa shape index (κ1) is 29.1. The Morgan fingerprint density at radius 1 is 0.385 bits per heavy atom. The predicted molar refractivity (Wildman–Crippen MR) is 159 cm³/mol. The van der Waals surface area contributed by atoms with Gasteiger partial charge in [0.1, 0.15) is 0 Å². The minimum atomic E-state index is 0. The second-order valence-corrected chi connectivity index (χ2v) is 8.20. The van der Waals surface area contributed by atoms with Crippen LogP contribution in [0.3, 0.4) is 0 Å². The zero-order chi connectivity index (χ0) is 26.3. The third-order valence-corrected chi connectivity index (χ3v) is 5.58. The molecule has 1 radical (unpaired) electrons. The van der Waals surface area contributed by atoms with Crippen LogP contribution in [0.15, 0.2) is 165 Å². The average Bonchev–Trinajstić information content (AvgIpc) is 3.04. The standard InChI is InChI=1S/C13H11N.2C11H9N.Ir/c1-2-11-6-8-12(9-7-11)13-5-3-4-10-14-13;2*1-2-6-10(7-3-1)11-8-4-5-9-12-11;/h2-10H,1H2;2*1-9H;. The van der Waals surface area contributed by atoms with Gasteiger partial charge in [0.05, 0.1) is 17.1 Å². The fourth-order valence-corrected chi connectivity index (χ4v) is 3.61. The van der Waals surface area contributed by atoms with E-state index >= 15 is 0 Å². The van der Waals surface area contributed by atoms with Crippen molar-refractivity contribution in [2.24, 2.45) is 0 Å². The molecule has 0 N–H and O–H groups in total. The molecule has 39 heavy (non-hydrogen) atoms. The first-order valence-corrected chi connectivity index (χ1v) is 12.4. The molecule has 3 heterocycles. The summed E-state index contributed by atoms with van der Waals surface area (Å²) in [5.74, 6) is 0. The van der Waals surface area contributed by atoms with Gasteiger partial charge in [-0.05, 0) is 42.0 Å². The predicted octanol–water partition coefficient (Wildman–Crippen LogP) is 8.89. The van der Waals surface area contributed by atoms with Gasteiger partial charge in [0.15, 0.2) is 0 Å². The summed E-state index contributed by atoms with van der Waals surface area (Å²) in [6.45, 7) is 3.72. The molecule has 0 aliphatic heterocycles. The fraction of sp³-hybridized carbons (Fsp3) is 0. The quantitative estimate of drug-likeness (QED) is 0.186. The largest absolute Gasteiger partial charge is 0.256 e. The smallest absolute Gasteiger partial charge is 0.0701 e. The molecule has 0 aliphatic carbocycles. The van der Waals surface area contributed by atoms with E-state index in [-0.39, 0.29) is 20.1 Å². The average molecular weight is 684 g/mol. The molecule has 0 saturated carbocycles. The molecule has 0 unspecified atom stereocenters. The molecule has 0 fully saturated rings. The molecule has 3 nitrogen and oxygen atoms in total. The van der Waals surface area contributed by atoms with E-state index in [1.165, 1.54) is 0 Å². The van der Waals surface area contributed by atoms with E-state index in [1.54, 1.807) is 6.20 Å². The molecule has 6 aromatic rings. The SMILES string of the molecule is C=Cc1ccc(-c2ccccn2)cc1.[Ir].c1ccc(-c2ccccn2)cc1.c1ccc(-c2ccccn2)cc1. The molecule has 0 bridgehead atoms. The summed E-state index contributed by atoms with van der Waals surface area (Å²) in [6.07, 6.45) is 7.25. The molecule has 3 aromatic carbocycles. The maximum Gasteiger partial charge on any atom is 0.0701 e. The van der Waals surface area contributed by atoms with Crippen LogP contribution in [0.4, 0.5) is 0 Å². The number of hydrogen-bond acceptors (Lipinski definition) is 3. The summed E-state index contributed by atoms with van der Waals surface area (Å²) in [4.78, 5) is 12.8. The van der Waals surface area contributed by atoms with Crippen molar-refractivity contribution < 1.29 is 20.1 Å². The van der Waals surface area contributed by atoms with Gasteiger partial charge >= 0.3 is 0 Å². The number of pyridine rings is 3. The Hall–Kier alpha value is -4.50. The van der Waals surface area contributed by atoms with Crippen LogP contribution in [0.1, 0.15) is 5.56 Å². The molecular weight excluding hydrogens is 655 g/mol. The first-order valence-electron chi connectivity index (χ1n) is 12.4. The number of aromatic nitrogens is 3. The minimum absolute atomic E-state index is 0. The number of benzene rings is 3. The Kier molecular flexibility index (Phi) is 12.2. The maximum absolute atomic E-state index is 4.28. The molecule has 0 saturated heterocycles. The van der Waals surface area contributed by atoms with E-state index in [9.17, 15) is 0 Å². The first-order chi connectivity index (χ1) is 18.8.